The van der Waals surface area contributed by atoms with Gasteiger partial charge in [0.25, 0.3) is 0 Å². The highest BCUT2D eigenvalue weighted by Gasteiger charge is 2.18. The highest BCUT2D eigenvalue weighted by Crippen LogP contribution is 2.36. The molecule has 0 amide bonds. The Morgan fingerprint density at radius 2 is 1.60 bits per heavy atom. The second-order valence-electron chi connectivity index (χ2n) is 4.11. The number of phenols is 2. The number of aliphatic hydroxyl groups excluding tert-OH is 1. The molecule has 15 heavy (non-hydrogen) atoms. The molecule has 2 atom stereocenters. The van der Waals surface area contributed by atoms with E-state index in [1.807, 2.05) is 6.92 Å². The van der Waals surface area contributed by atoms with Crippen molar-refractivity contribution in [3.63, 3.8) is 0 Å². The fourth-order valence-corrected chi connectivity index (χ4v) is 1.64. The van der Waals surface area contributed by atoms with Crippen LogP contribution in [0.25, 0.3) is 0 Å². The second-order valence-corrected chi connectivity index (χ2v) is 4.11. The fourth-order valence-electron chi connectivity index (χ4n) is 1.64. The molecule has 0 radical (unpaired) electrons. The van der Waals surface area contributed by atoms with Gasteiger partial charge >= 0.3 is 0 Å². The number of hydrogen-bond donors (Lipinski definition) is 3. The lowest BCUT2D eigenvalue weighted by atomic mass is 9.90. The molecule has 0 saturated carbocycles. The van der Waals surface area contributed by atoms with Gasteiger partial charge in [-0.2, -0.15) is 0 Å². The van der Waals surface area contributed by atoms with Crippen LogP contribution >= 0.6 is 0 Å². The Hall–Kier alpha value is -1.22. The highest BCUT2D eigenvalue weighted by molar-refractivity contribution is 5.52. The van der Waals surface area contributed by atoms with Crippen LogP contribution in [-0.2, 0) is 0 Å². The lowest BCUT2D eigenvalue weighted by Gasteiger charge is -2.19. The van der Waals surface area contributed by atoms with Crippen LogP contribution in [-0.4, -0.2) is 21.4 Å². The summed E-state index contributed by atoms with van der Waals surface area (Å²) in [5.74, 6) is 0.0699. The number of aromatic hydroxyl groups is 2. The lowest BCUT2D eigenvalue weighted by molar-refractivity contribution is 0.168. The third-order valence-electron chi connectivity index (χ3n) is 3.03. The minimum absolute atomic E-state index is 0.0700. The molecule has 0 aliphatic heterocycles. The van der Waals surface area contributed by atoms with Gasteiger partial charge in [-0.1, -0.05) is 6.92 Å². The summed E-state index contributed by atoms with van der Waals surface area (Å²) in [4.78, 5) is 0. The van der Waals surface area contributed by atoms with E-state index in [2.05, 4.69) is 0 Å². The molecule has 84 valence electrons. The van der Waals surface area contributed by atoms with Crippen LogP contribution in [0.4, 0.5) is 0 Å². The van der Waals surface area contributed by atoms with Gasteiger partial charge < -0.3 is 15.3 Å². The smallest absolute Gasteiger partial charge is 0.125 e. The molecular weight excluding hydrogens is 192 g/mol. The van der Waals surface area contributed by atoms with E-state index >= 15 is 0 Å². The van der Waals surface area contributed by atoms with Crippen molar-refractivity contribution in [1.29, 1.82) is 0 Å². The third-order valence-corrected chi connectivity index (χ3v) is 3.03. The van der Waals surface area contributed by atoms with Crippen LogP contribution in [0, 0.1) is 13.8 Å². The van der Waals surface area contributed by atoms with E-state index in [0.29, 0.717) is 5.56 Å². The summed E-state index contributed by atoms with van der Waals surface area (Å²) < 4.78 is 0. The van der Waals surface area contributed by atoms with Crippen LogP contribution in [0.3, 0.4) is 0 Å². The van der Waals surface area contributed by atoms with Gasteiger partial charge in [-0.3, -0.25) is 0 Å². The molecule has 1 aromatic rings. The Morgan fingerprint density at radius 1 is 1.07 bits per heavy atom. The molecule has 0 aromatic heterocycles. The van der Waals surface area contributed by atoms with Crippen molar-refractivity contribution in [2.75, 3.05) is 0 Å². The van der Waals surface area contributed by atoms with Crippen molar-refractivity contribution in [1.82, 2.24) is 0 Å². The molecule has 0 unspecified atom stereocenters. The van der Waals surface area contributed by atoms with E-state index in [9.17, 15) is 15.3 Å². The van der Waals surface area contributed by atoms with Gasteiger partial charge in [0.15, 0.2) is 0 Å². The summed E-state index contributed by atoms with van der Waals surface area (Å²) in [7, 11) is 0. The first-order valence-electron chi connectivity index (χ1n) is 5.06. The van der Waals surface area contributed by atoms with Crippen LogP contribution in [0.2, 0.25) is 0 Å². The SMILES string of the molecule is Cc1c(O)cc([C@H](C)[C@@H](C)O)c(C)c1O. The van der Waals surface area contributed by atoms with Gasteiger partial charge in [-0.25, -0.2) is 0 Å². The molecule has 0 saturated heterocycles. The fraction of sp³-hybridized carbons (Fsp3) is 0.500. The summed E-state index contributed by atoms with van der Waals surface area (Å²) in [6.07, 6.45) is -0.509. The Balaban J connectivity index is 3.32. The number of aliphatic hydroxyl groups is 1. The Morgan fingerprint density at radius 3 is 2.07 bits per heavy atom. The van der Waals surface area contributed by atoms with E-state index in [-0.39, 0.29) is 17.4 Å². The third kappa shape index (κ3) is 2.07. The largest absolute Gasteiger partial charge is 0.508 e. The van der Waals surface area contributed by atoms with E-state index in [4.69, 9.17) is 0 Å². The molecule has 1 rings (SSSR count). The average molecular weight is 210 g/mol. The van der Waals surface area contributed by atoms with Crippen molar-refractivity contribution in [3.8, 4) is 11.5 Å². The molecule has 0 heterocycles. The van der Waals surface area contributed by atoms with E-state index in [1.165, 1.54) is 0 Å². The van der Waals surface area contributed by atoms with Gasteiger partial charge in [0.1, 0.15) is 11.5 Å². The monoisotopic (exact) mass is 210 g/mol. The number of rotatable bonds is 2. The average Bonchev–Trinajstić information content (AvgIpc) is 2.19. The van der Waals surface area contributed by atoms with Gasteiger partial charge in [0.05, 0.1) is 6.10 Å². The van der Waals surface area contributed by atoms with E-state index in [0.717, 1.165) is 11.1 Å². The van der Waals surface area contributed by atoms with Crippen molar-refractivity contribution in [2.24, 2.45) is 0 Å². The van der Waals surface area contributed by atoms with Gasteiger partial charge in [0, 0.05) is 11.5 Å². The predicted molar refractivity (Wildman–Crippen MR) is 59.3 cm³/mol. The van der Waals surface area contributed by atoms with Gasteiger partial charge in [0.2, 0.25) is 0 Å². The quantitative estimate of drug-likeness (QED) is 0.701. The summed E-state index contributed by atoms with van der Waals surface area (Å²) in [5, 5.41) is 28.8. The van der Waals surface area contributed by atoms with E-state index < -0.39 is 6.10 Å². The summed E-state index contributed by atoms with van der Waals surface area (Å²) in [6.45, 7) is 7.00. The maximum atomic E-state index is 9.76. The zero-order valence-corrected chi connectivity index (χ0v) is 9.57. The molecule has 3 nitrogen and oxygen atoms in total. The minimum atomic E-state index is -0.509. The van der Waals surface area contributed by atoms with Crippen molar-refractivity contribution in [2.45, 2.75) is 39.7 Å². The molecule has 0 bridgehead atoms. The van der Waals surface area contributed by atoms with Crippen LogP contribution < -0.4 is 0 Å². The maximum absolute atomic E-state index is 9.76. The Kier molecular flexibility index (Phi) is 3.25. The summed E-state index contributed by atoms with van der Waals surface area (Å²) in [5.41, 5.74) is 1.98. The normalized spacial score (nSPS) is 15.0. The topological polar surface area (TPSA) is 60.7 Å². The highest BCUT2D eigenvalue weighted by atomic mass is 16.3. The first-order valence-corrected chi connectivity index (χ1v) is 5.06. The molecule has 0 fully saturated rings. The van der Waals surface area contributed by atoms with Crippen LogP contribution in [0.15, 0.2) is 6.07 Å². The molecule has 1 aromatic carbocycles. The van der Waals surface area contributed by atoms with Crippen LogP contribution in [0.1, 0.15) is 36.5 Å². The van der Waals surface area contributed by atoms with Gasteiger partial charge in [-0.15, -0.1) is 0 Å². The Bertz CT molecular complexity index is 370. The molecule has 3 heteroatoms. The lowest BCUT2D eigenvalue weighted by Crippen LogP contribution is -2.12. The van der Waals surface area contributed by atoms with Crippen molar-refractivity contribution in [3.05, 3.63) is 22.8 Å². The van der Waals surface area contributed by atoms with Gasteiger partial charge in [-0.05, 0) is 38.0 Å². The standard InChI is InChI=1S/C12H18O3/c1-6(9(4)13)10-5-11(14)8(3)12(15)7(10)2/h5-6,9,13-15H,1-4H3/t6-,9-/m1/s1. The van der Waals surface area contributed by atoms with Crippen molar-refractivity contribution < 1.29 is 15.3 Å². The second kappa shape index (κ2) is 4.11. The number of phenolic OH excluding ortho intramolecular Hbond substituents is 2. The molecular formula is C12H18O3. The zero-order chi connectivity index (χ0) is 11.7. The summed E-state index contributed by atoms with van der Waals surface area (Å²) >= 11 is 0. The maximum Gasteiger partial charge on any atom is 0.125 e. The van der Waals surface area contributed by atoms with Crippen molar-refractivity contribution >= 4 is 0 Å². The predicted octanol–water partition coefficient (Wildman–Crippen LogP) is 2.20. The first kappa shape index (κ1) is 11.9. The Labute approximate surface area is 90.0 Å². The van der Waals surface area contributed by atoms with E-state index in [1.54, 1.807) is 26.8 Å². The first-order chi connectivity index (χ1) is 6.86. The number of hydrogen-bond acceptors (Lipinski definition) is 3. The minimum Gasteiger partial charge on any atom is -0.508 e. The summed E-state index contributed by atoms with van der Waals surface area (Å²) in [6, 6.07) is 1.61. The molecule has 0 aliphatic carbocycles. The molecule has 0 spiro atoms. The zero-order valence-electron chi connectivity index (χ0n) is 9.57. The molecule has 0 aliphatic rings. The van der Waals surface area contributed by atoms with Crippen LogP contribution in [0.5, 0.6) is 11.5 Å². The molecule has 3 N–H and O–H groups in total. The number of benzene rings is 1.